The number of benzene rings is 3. The second-order valence-electron chi connectivity index (χ2n) is 7.29. The summed E-state index contributed by atoms with van der Waals surface area (Å²) < 4.78 is 18.9. The number of fused-ring (bicyclic) bond motifs is 3. The lowest BCUT2D eigenvalue weighted by Crippen LogP contribution is -2.31. The fraction of sp³-hybridized carbons (Fsp3) is 0.167. The number of carbonyl (C=O) groups excluding carboxylic acids is 1. The van der Waals surface area contributed by atoms with Crippen LogP contribution in [0.4, 0.5) is 9.18 Å². The molecule has 0 aliphatic heterocycles. The summed E-state index contributed by atoms with van der Waals surface area (Å²) in [4.78, 5) is 23.8. The maximum Gasteiger partial charge on any atom is 0.407 e. The quantitative estimate of drug-likeness (QED) is 0.529. The van der Waals surface area contributed by atoms with Gasteiger partial charge in [-0.3, -0.25) is 4.79 Å². The first-order valence-corrected chi connectivity index (χ1v) is 10.1. The summed E-state index contributed by atoms with van der Waals surface area (Å²) in [5, 5.41) is 11.6. The molecule has 31 heavy (non-hydrogen) atoms. The molecule has 2 N–H and O–H groups in total. The third-order valence-electron chi connectivity index (χ3n) is 5.36. The van der Waals surface area contributed by atoms with E-state index in [0.29, 0.717) is 5.56 Å². The largest absolute Gasteiger partial charge is 0.481 e. The van der Waals surface area contributed by atoms with Gasteiger partial charge < -0.3 is 15.2 Å². The summed E-state index contributed by atoms with van der Waals surface area (Å²) >= 11 is 5.81. The Balaban J connectivity index is 1.49. The van der Waals surface area contributed by atoms with Gasteiger partial charge >= 0.3 is 12.1 Å². The zero-order valence-electron chi connectivity index (χ0n) is 16.3. The van der Waals surface area contributed by atoms with E-state index in [2.05, 4.69) is 5.32 Å². The Morgan fingerprint density at radius 1 is 1.03 bits per heavy atom. The van der Waals surface area contributed by atoms with Gasteiger partial charge in [-0.15, -0.1) is 0 Å². The van der Waals surface area contributed by atoms with Crippen molar-refractivity contribution in [3.63, 3.8) is 0 Å². The zero-order chi connectivity index (χ0) is 22.0. The van der Waals surface area contributed by atoms with E-state index in [4.69, 9.17) is 16.3 Å². The molecule has 1 amide bonds. The minimum Gasteiger partial charge on any atom is -0.481 e. The Kier molecular flexibility index (Phi) is 5.91. The van der Waals surface area contributed by atoms with Crippen LogP contribution >= 0.6 is 11.6 Å². The first kappa shape index (κ1) is 20.9. The lowest BCUT2D eigenvalue weighted by molar-refractivity contribution is -0.137. The number of halogens is 2. The Labute approximate surface area is 183 Å². The van der Waals surface area contributed by atoms with Crippen LogP contribution in [0.2, 0.25) is 5.02 Å². The molecule has 4 rings (SSSR count). The first-order valence-electron chi connectivity index (χ1n) is 9.72. The molecule has 1 unspecified atom stereocenters. The SMILES string of the molecule is O=C(O)CC(NC(=O)OCC1c2ccccc2-c2ccccc21)c1ccc(F)c(Cl)c1. The van der Waals surface area contributed by atoms with Crippen molar-refractivity contribution >= 4 is 23.7 Å². The van der Waals surface area contributed by atoms with Gasteiger partial charge in [-0.1, -0.05) is 66.2 Å². The highest BCUT2D eigenvalue weighted by molar-refractivity contribution is 6.30. The van der Waals surface area contributed by atoms with Crippen LogP contribution in [-0.2, 0) is 9.53 Å². The van der Waals surface area contributed by atoms with Crippen molar-refractivity contribution in [2.75, 3.05) is 6.61 Å². The van der Waals surface area contributed by atoms with E-state index in [-0.39, 0.29) is 17.5 Å². The normalized spacial score (nSPS) is 13.2. The maximum atomic E-state index is 13.5. The van der Waals surface area contributed by atoms with E-state index >= 15 is 0 Å². The molecule has 0 aromatic heterocycles. The fourth-order valence-electron chi connectivity index (χ4n) is 3.94. The average molecular weight is 440 g/mol. The van der Waals surface area contributed by atoms with E-state index in [0.717, 1.165) is 28.3 Å². The lowest BCUT2D eigenvalue weighted by atomic mass is 9.98. The van der Waals surface area contributed by atoms with Crippen molar-refractivity contribution in [1.82, 2.24) is 5.32 Å². The van der Waals surface area contributed by atoms with Crippen molar-refractivity contribution in [2.45, 2.75) is 18.4 Å². The molecule has 158 valence electrons. The molecule has 0 spiro atoms. The molecule has 0 bridgehead atoms. The summed E-state index contributed by atoms with van der Waals surface area (Å²) in [6.07, 6.45) is -1.15. The van der Waals surface area contributed by atoms with E-state index in [9.17, 15) is 19.1 Å². The average Bonchev–Trinajstić information content (AvgIpc) is 3.07. The van der Waals surface area contributed by atoms with Gasteiger partial charge in [0, 0.05) is 5.92 Å². The number of ether oxygens (including phenoxy) is 1. The van der Waals surface area contributed by atoms with Crippen LogP contribution < -0.4 is 5.32 Å². The summed E-state index contributed by atoms with van der Waals surface area (Å²) in [6, 6.07) is 18.8. The van der Waals surface area contributed by atoms with Crippen LogP contribution in [-0.4, -0.2) is 23.8 Å². The van der Waals surface area contributed by atoms with Crippen LogP contribution in [0.3, 0.4) is 0 Å². The van der Waals surface area contributed by atoms with Gasteiger partial charge in [0.2, 0.25) is 0 Å². The molecule has 0 radical (unpaired) electrons. The molecule has 3 aromatic carbocycles. The van der Waals surface area contributed by atoms with Gasteiger partial charge in [0.05, 0.1) is 17.5 Å². The van der Waals surface area contributed by atoms with E-state index in [1.807, 2.05) is 48.5 Å². The molecule has 0 saturated carbocycles. The molecular weight excluding hydrogens is 421 g/mol. The number of rotatable bonds is 6. The second-order valence-corrected chi connectivity index (χ2v) is 7.70. The number of hydrogen-bond acceptors (Lipinski definition) is 3. The molecule has 0 fully saturated rings. The van der Waals surface area contributed by atoms with Gasteiger partial charge in [-0.25, -0.2) is 9.18 Å². The topological polar surface area (TPSA) is 75.6 Å². The molecule has 0 heterocycles. The van der Waals surface area contributed by atoms with Crippen molar-refractivity contribution < 1.29 is 23.8 Å². The van der Waals surface area contributed by atoms with Crippen molar-refractivity contribution in [3.8, 4) is 11.1 Å². The summed E-state index contributed by atoms with van der Waals surface area (Å²) in [5.74, 6) is -1.86. The number of alkyl carbamates (subject to hydrolysis) is 1. The molecular formula is C24H19ClFNO4. The number of nitrogens with one attached hydrogen (secondary N) is 1. The van der Waals surface area contributed by atoms with Crippen LogP contribution in [0.25, 0.3) is 11.1 Å². The minimum absolute atomic E-state index is 0.101. The Bertz CT molecular complexity index is 1100. The molecule has 1 aliphatic rings. The number of carbonyl (C=O) groups is 2. The number of hydrogen-bond donors (Lipinski definition) is 2. The van der Waals surface area contributed by atoms with Gasteiger partial charge in [0.1, 0.15) is 12.4 Å². The Morgan fingerprint density at radius 3 is 2.23 bits per heavy atom. The molecule has 3 aromatic rings. The summed E-state index contributed by atoms with van der Waals surface area (Å²) in [7, 11) is 0. The zero-order valence-corrected chi connectivity index (χ0v) is 17.1. The Morgan fingerprint density at radius 2 is 1.65 bits per heavy atom. The predicted octanol–water partition coefficient (Wildman–Crippen LogP) is 5.53. The van der Waals surface area contributed by atoms with E-state index in [1.165, 1.54) is 12.1 Å². The van der Waals surface area contributed by atoms with E-state index in [1.54, 1.807) is 0 Å². The number of amides is 1. The lowest BCUT2D eigenvalue weighted by Gasteiger charge is -2.19. The van der Waals surface area contributed by atoms with Gasteiger partial charge in [0.15, 0.2) is 0 Å². The van der Waals surface area contributed by atoms with Crippen molar-refractivity contribution in [3.05, 3.63) is 94.3 Å². The molecule has 1 atom stereocenters. The van der Waals surface area contributed by atoms with E-state index < -0.39 is 30.3 Å². The maximum absolute atomic E-state index is 13.5. The summed E-state index contributed by atoms with van der Waals surface area (Å²) in [5.41, 5.74) is 4.74. The van der Waals surface area contributed by atoms with Crippen LogP contribution in [0.1, 0.15) is 35.1 Å². The monoisotopic (exact) mass is 439 g/mol. The van der Waals surface area contributed by atoms with Crippen molar-refractivity contribution in [1.29, 1.82) is 0 Å². The molecule has 1 aliphatic carbocycles. The third-order valence-corrected chi connectivity index (χ3v) is 5.65. The summed E-state index contributed by atoms with van der Waals surface area (Å²) in [6.45, 7) is 0.101. The smallest absolute Gasteiger partial charge is 0.407 e. The molecule has 7 heteroatoms. The van der Waals surface area contributed by atoms with Crippen LogP contribution in [0.15, 0.2) is 66.7 Å². The van der Waals surface area contributed by atoms with Gasteiger partial charge in [-0.2, -0.15) is 0 Å². The molecule has 5 nitrogen and oxygen atoms in total. The van der Waals surface area contributed by atoms with Crippen LogP contribution in [0.5, 0.6) is 0 Å². The van der Waals surface area contributed by atoms with Crippen LogP contribution in [0, 0.1) is 5.82 Å². The highest BCUT2D eigenvalue weighted by Gasteiger charge is 2.29. The first-order chi connectivity index (χ1) is 14.9. The van der Waals surface area contributed by atoms with Gasteiger partial charge in [0.25, 0.3) is 0 Å². The second kappa shape index (κ2) is 8.78. The Hall–Kier alpha value is -3.38. The highest BCUT2D eigenvalue weighted by Crippen LogP contribution is 2.44. The van der Waals surface area contributed by atoms with Gasteiger partial charge in [-0.05, 0) is 39.9 Å². The number of carboxylic acid groups (broad SMARTS) is 1. The third kappa shape index (κ3) is 4.39. The van der Waals surface area contributed by atoms with Crippen molar-refractivity contribution in [2.24, 2.45) is 0 Å². The highest BCUT2D eigenvalue weighted by atomic mass is 35.5. The number of carboxylic acids is 1. The number of aliphatic carboxylic acids is 1. The minimum atomic E-state index is -1.12. The standard InChI is InChI=1S/C24H19ClFNO4/c25-20-11-14(9-10-21(20)26)22(12-23(28)29)27-24(30)31-13-19-17-7-3-1-5-15(17)16-6-2-4-8-18(16)19/h1-11,19,22H,12-13H2,(H,27,30)(H,28,29). The predicted molar refractivity (Wildman–Crippen MR) is 115 cm³/mol. The molecule has 0 saturated heterocycles. The fourth-order valence-corrected chi connectivity index (χ4v) is 4.13.